The summed E-state index contributed by atoms with van der Waals surface area (Å²) in [5.41, 5.74) is -2.05. The summed E-state index contributed by atoms with van der Waals surface area (Å²) in [5.74, 6) is -0.925. The van der Waals surface area contributed by atoms with Crippen molar-refractivity contribution in [2.75, 3.05) is 26.3 Å². The molecule has 2 rings (SSSR count). The predicted octanol–water partition coefficient (Wildman–Crippen LogP) is 2.90. The Morgan fingerprint density at radius 3 is 2.40 bits per heavy atom. The number of likely N-dealkylation sites (tertiary alicyclic amines) is 1. The van der Waals surface area contributed by atoms with Crippen LogP contribution in [0.3, 0.4) is 0 Å². The minimum atomic E-state index is -2.37. The van der Waals surface area contributed by atoms with Gasteiger partial charge in [-0.05, 0) is 31.0 Å². The molecule has 0 aromatic heterocycles. The molecule has 7 heteroatoms. The van der Waals surface area contributed by atoms with Crippen LogP contribution in [0.15, 0.2) is 18.2 Å². The number of hydrogen-bond acceptors (Lipinski definition) is 4. The number of aliphatic carboxylic acids is 1. The Morgan fingerprint density at radius 2 is 1.84 bits per heavy atom. The van der Waals surface area contributed by atoms with Gasteiger partial charge in [-0.25, -0.2) is 9.18 Å². The molecule has 1 heterocycles. The van der Waals surface area contributed by atoms with Gasteiger partial charge in [-0.2, -0.15) is 0 Å². The highest BCUT2D eigenvalue weighted by atomic mass is 19.1. The third kappa shape index (κ3) is 4.41. The Kier molecular flexibility index (Phi) is 6.22. The molecule has 1 fully saturated rings. The van der Waals surface area contributed by atoms with E-state index in [9.17, 15) is 14.0 Å². The first kappa shape index (κ1) is 19.0. The number of benzene rings is 1. The number of rotatable bonds is 8. The van der Waals surface area contributed by atoms with Gasteiger partial charge in [-0.15, -0.1) is 0 Å². The second kappa shape index (κ2) is 8.18. The Balaban J connectivity index is 2.18. The van der Waals surface area contributed by atoms with Gasteiger partial charge < -0.3 is 19.5 Å². The first-order valence-corrected chi connectivity index (χ1v) is 8.52. The van der Waals surface area contributed by atoms with Crippen molar-refractivity contribution in [2.24, 2.45) is 0 Å². The molecule has 1 aliphatic heterocycles. The van der Waals surface area contributed by atoms with E-state index >= 15 is 0 Å². The highest BCUT2D eigenvalue weighted by Gasteiger charge is 2.47. The molecule has 0 spiro atoms. The second-order valence-electron chi connectivity index (χ2n) is 6.11. The predicted molar refractivity (Wildman–Crippen MR) is 90.0 cm³/mol. The molecular formula is C18H24FNO5. The fourth-order valence-electron chi connectivity index (χ4n) is 2.60. The zero-order valence-corrected chi connectivity index (χ0v) is 14.6. The van der Waals surface area contributed by atoms with Crippen LogP contribution in [-0.2, 0) is 4.79 Å². The van der Waals surface area contributed by atoms with Gasteiger partial charge in [0.15, 0.2) is 11.5 Å². The van der Waals surface area contributed by atoms with Crippen molar-refractivity contribution in [3.05, 3.63) is 23.8 Å². The highest BCUT2D eigenvalue weighted by Crippen LogP contribution is 2.31. The first-order chi connectivity index (χ1) is 11.9. The Labute approximate surface area is 146 Å². The number of carboxylic acids is 1. The molecule has 0 radical (unpaired) electrons. The van der Waals surface area contributed by atoms with Gasteiger partial charge in [0.2, 0.25) is 5.67 Å². The quantitative estimate of drug-likeness (QED) is 0.778. The van der Waals surface area contributed by atoms with E-state index in [4.69, 9.17) is 14.6 Å². The van der Waals surface area contributed by atoms with Crippen LogP contribution in [0.25, 0.3) is 0 Å². The molecule has 25 heavy (non-hydrogen) atoms. The lowest BCUT2D eigenvalue weighted by Gasteiger charge is -2.19. The standard InChI is InChI=1S/C18H24FNO5/c1-3-9-24-14-6-5-13(11-15(14)25-10-4-2)16(21)20-8-7-18(19,12-20)17(22)23/h5-6,11H,3-4,7-10,12H2,1-2H3,(H,22,23). The van der Waals surface area contributed by atoms with E-state index in [-0.39, 0.29) is 13.0 Å². The molecule has 1 aliphatic rings. The minimum Gasteiger partial charge on any atom is -0.490 e. The van der Waals surface area contributed by atoms with E-state index in [0.29, 0.717) is 30.3 Å². The number of halogens is 1. The SMILES string of the molecule is CCCOc1ccc(C(=O)N2CCC(F)(C(=O)O)C2)cc1OCCC. The summed E-state index contributed by atoms with van der Waals surface area (Å²) in [5, 5.41) is 8.95. The average molecular weight is 353 g/mol. The minimum absolute atomic E-state index is 0.0703. The smallest absolute Gasteiger partial charge is 0.343 e. The third-order valence-corrected chi connectivity index (χ3v) is 4.00. The van der Waals surface area contributed by atoms with Gasteiger partial charge in [0, 0.05) is 18.5 Å². The summed E-state index contributed by atoms with van der Waals surface area (Å²) < 4.78 is 25.4. The largest absolute Gasteiger partial charge is 0.490 e. The topological polar surface area (TPSA) is 76.1 Å². The van der Waals surface area contributed by atoms with E-state index < -0.39 is 24.1 Å². The van der Waals surface area contributed by atoms with E-state index in [2.05, 4.69) is 0 Å². The summed E-state index contributed by atoms with van der Waals surface area (Å²) in [7, 11) is 0. The van der Waals surface area contributed by atoms with Crippen LogP contribution in [0.4, 0.5) is 4.39 Å². The molecule has 138 valence electrons. The van der Waals surface area contributed by atoms with Gasteiger partial charge in [-0.3, -0.25) is 4.79 Å². The normalized spacial score (nSPS) is 19.7. The van der Waals surface area contributed by atoms with E-state index in [0.717, 1.165) is 12.8 Å². The number of amides is 1. The number of carboxylic acid groups (broad SMARTS) is 1. The monoisotopic (exact) mass is 353 g/mol. The van der Waals surface area contributed by atoms with Crippen LogP contribution < -0.4 is 9.47 Å². The Hall–Kier alpha value is -2.31. The molecule has 1 atom stereocenters. The zero-order chi connectivity index (χ0) is 18.4. The molecule has 0 saturated carbocycles. The van der Waals surface area contributed by atoms with Crippen LogP contribution >= 0.6 is 0 Å². The van der Waals surface area contributed by atoms with Crippen molar-refractivity contribution in [3.63, 3.8) is 0 Å². The second-order valence-corrected chi connectivity index (χ2v) is 6.11. The number of ether oxygens (including phenoxy) is 2. The maximum atomic E-state index is 14.2. The fraction of sp³-hybridized carbons (Fsp3) is 0.556. The highest BCUT2D eigenvalue weighted by molar-refractivity contribution is 5.96. The average Bonchev–Trinajstić information content (AvgIpc) is 3.01. The summed E-state index contributed by atoms with van der Waals surface area (Å²) in [6.07, 6.45) is 1.45. The lowest BCUT2D eigenvalue weighted by Crippen LogP contribution is -2.38. The van der Waals surface area contributed by atoms with Gasteiger partial charge in [0.25, 0.3) is 5.91 Å². The third-order valence-electron chi connectivity index (χ3n) is 4.00. The molecule has 0 aliphatic carbocycles. The number of carbonyl (C=O) groups excluding carboxylic acids is 1. The summed E-state index contributed by atoms with van der Waals surface area (Å²) in [6, 6.07) is 4.82. The van der Waals surface area contributed by atoms with Crippen molar-refractivity contribution in [1.29, 1.82) is 0 Å². The van der Waals surface area contributed by atoms with Crippen molar-refractivity contribution in [1.82, 2.24) is 4.90 Å². The fourth-order valence-corrected chi connectivity index (χ4v) is 2.60. The lowest BCUT2D eigenvalue weighted by atomic mass is 10.1. The van der Waals surface area contributed by atoms with Crippen molar-refractivity contribution < 1.29 is 28.6 Å². The molecular weight excluding hydrogens is 329 g/mol. The zero-order valence-electron chi connectivity index (χ0n) is 14.6. The number of hydrogen-bond donors (Lipinski definition) is 1. The Bertz CT molecular complexity index is 636. The molecule has 1 aromatic rings. The van der Waals surface area contributed by atoms with Crippen LogP contribution in [0.5, 0.6) is 11.5 Å². The molecule has 6 nitrogen and oxygen atoms in total. The number of nitrogens with zero attached hydrogens (tertiary/aromatic N) is 1. The van der Waals surface area contributed by atoms with Crippen molar-refractivity contribution in [2.45, 2.75) is 38.8 Å². The maximum Gasteiger partial charge on any atom is 0.343 e. The van der Waals surface area contributed by atoms with Gasteiger partial charge >= 0.3 is 5.97 Å². The molecule has 1 unspecified atom stereocenters. The van der Waals surface area contributed by atoms with Crippen LogP contribution in [-0.4, -0.2) is 53.9 Å². The molecule has 1 aromatic carbocycles. The van der Waals surface area contributed by atoms with E-state index in [1.165, 1.54) is 4.90 Å². The number of alkyl halides is 1. The van der Waals surface area contributed by atoms with Crippen LogP contribution in [0.2, 0.25) is 0 Å². The van der Waals surface area contributed by atoms with Crippen LogP contribution in [0, 0.1) is 0 Å². The summed E-state index contributed by atoms with van der Waals surface area (Å²) in [4.78, 5) is 24.8. The van der Waals surface area contributed by atoms with E-state index in [1.54, 1.807) is 18.2 Å². The lowest BCUT2D eigenvalue weighted by molar-refractivity contribution is -0.149. The molecule has 1 saturated heterocycles. The van der Waals surface area contributed by atoms with E-state index in [1.807, 2.05) is 13.8 Å². The first-order valence-electron chi connectivity index (χ1n) is 8.52. The maximum absolute atomic E-state index is 14.2. The molecule has 0 bridgehead atoms. The summed E-state index contributed by atoms with van der Waals surface area (Å²) >= 11 is 0. The van der Waals surface area contributed by atoms with Gasteiger partial charge in [0.1, 0.15) is 0 Å². The molecule has 1 amide bonds. The van der Waals surface area contributed by atoms with Crippen molar-refractivity contribution >= 4 is 11.9 Å². The van der Waals surface area contributed by atoms with Crippen molar-refractivity contribution in [3.8, 4) is 11.5 Å². The Morgan fingerprint density at radius 1 is 1.20 bits per heavy atom. The molecule has 1 N–H and O–H groups in total. The number of carbonyl (C=O) groups is 2. The summed E-state index contributed by atoms with van der Waals surface area (Å²) in [6.45, 7) is 4.60. The van der Waals surface area contributed by atoms with Gasteiger partial charge in [-0.1, -0.05) is 13.8 Å². The van der Waals surface area contributed by atoms with Crippen LogP contribution in [0.1, 0.15) is 43.5 Å². The van der Waals surface area contributed by atoms with Gasteiger partial charge in [0.05, 0.1) is 19.8 Å².